The van der Waals surface area contributed by atoms with E-state index in [-0.39, 0.29) is 18.1 Å². The second-order valence-corrected chi connectivity index (χ2v) is 8.78. The minimum atomic E-state index is -3.23. The van der Waals surface area contributed by atoms with Crippen molar-refractivity contribution < 1.29 is 23.1 Å². The fourth-order valence-corrected chi connectivity index (χ4v) is 4.37. The molecule has 0 heterocycles. The number of rotatable bonds is 7. The van der Waals surface area contributed by atoms with Crippen LogP contribution < -0.4 is 5.32 Å². The molecule has 0 aromatic carbocycles. The van der Waals surface area contributed by atoms with E-state index in [1.165, 1.54) is 19.3 Å². The number of nitrogens with one attached hydrogen (secondary N) is 1. The summed E-state index contributed by atoms with van der Waals surface area (Å²) in [7, 11) is -3.23. The maximum absolute atomic E-state index is 12.0. The summed E-state index contributed by atoms with van der Waals surface area (Å²) < 4.78 is 22.2. The molecule has 0 aromatic heterocycles. The Morgan fingerprint density at radius 1 is 1.29 bits per heavy atom. The molecule has 2 aliphatic rings. The Morgan fingerprint density at radius 2 is 2.00 bits per heavy atom. The lowest BCUT2D eigenvalue weighted by atomic mass is 9.86. The molecule has 2 aliphatic carbocycles. The molecule has 2 bridgehead atoms. The highest BCUT2D eigenvalue weighted by atomic mass is 32.2. The predicted molar refractivity (Wildman–Crippen MR) is 77.4 cm³/mol. The minimum absolute atomic E-state index is 0.0867. The molecular weight excluding hydrogens is 294 g/mol. The van der Waals surface area contributed by atoms with Gasteiger partial charge in [-0.3, -0.25) is 4.79 Å². The van der Waals surface area contributed by atoms with Crippen LogP contribution in [0.5, 0.6) is 0 Å². The second-order valence-electron chi connectivity index (χ2n) is 6.52. The van der Waals surface area contributed by atoms with Crippen LogP contribution in [0.3, 0.4) is 0 Å². The van der Waals surface area contributed by atoms with Gasteiger partial charge in [0.05, 0.1) is 5.75 Å². The lowest BCUT2D eigenvalue weighted by Crippen LogP contribution is -2.42. The van der Waals surface area contributed by atoms with E-state index < -0.39 is 21.8 Å². The van der Waals surface area contributed by atoms with Crippen molar-refractivity contribution in [2.75, 3.05) is 12.0 Å². The first-order valence-electron chi connectivity index (χ1n) is 7.44. The van der Waals surface area contributed by atoms with Gasteiger partial charge in [0.15, 0.2) is 0 Å². The minimum Gasteiger partial charge on any atom is -0.480 e. The topological polar surface area (TPSA) is 101 Å². The van der Waals surface area contributed by atoms with Gasteiger partial charge in [0.1, 0.15) is 15.9 Å². The summed E-state index contributed by atoms with van der Waals surface area (Å²) in [5.41, 5.74) is 0. The normalized spacial score (nSPS) is 29.3. The van der Waals surface area contributed by atoms with E-state index in [1.807, 2.05) is 0 Å². The number of fused-ring (bicyclic) bond motifs is 2. The number of carboxylic acid groups (broad SMARTS) is 1. The molecule has 2 rings (SSSR count). The molecule has 21 heavy (non-hydrogen) atoms. The number of carbonyl (C=O) groups excluding carboxylic acids is 1. The highest BCUT2D eigenvalue weighted by molar-refractivity contribution is 7.90. The number of aliphatic carboxylic acids is 1. The summed E-state index contributed by atoms with van der Waals surface area (Å²) in [6, 6.07) is -1.12. The number of carbonyl (C=O) groups is 2. The van der Waals surface area contributed by atoms with Gasteiger partial charge in [-0.25, -0.2) is 13.2 Å². The van der Waals surface area contributed by atoms with Crippen LogP contribution in [0.15, 0.2) is 0 Å². The van der Waals surface area contributed by atoms with Gasteiger partial charge in [0, 0.05) is 12.7 Å². The third-order valence-corrected chi connectivity index (χ3v) is 5.72. The lowest BCUT2D eigenvalue weighted by molar-refractivity contribution is -0.142. The summed E-state index contributed by atoms with van der Waals surface area (Å²) in [4.78, 5) is 23.1. The largest absolute Gasteiger partial charge is 0.480 e. The average Bonchev–Trinajstić information content (AvgIpc) is 2.94. The average molecular weight is 317 g/mol. The van der Waals surface area contributed by atoms with Gasteiger partial charge in [-0.05, 0) is 43.4 Å². The third kappa shape index (κ3) is 4.69. The quantitative estimate of drug-likeness (QED) is 0.724. The van der Waals surface area contributed by atoms with Crippen LogP contribution in [0.4, 0.5) is 0 Å². The molecule has 0 aromatic rings. The van der Waals surface area contributed by atoms with Crippen LogP contribution in [-0.2, 0) is 19.4 Å². The molecule has 2 fully saturated rings. The number of amides is 1. The zero-order valence-electron chi connectivity index (χ0n) is 12.2. The van der Waals surface area contributed by atoms with Crippen LogP contribution in [0.2, 0.25) is 0 Å². The first-order valence-corrected chi connectivity index (χ1v) is 9.50. The molecule has 1 amide bonds. The summed E-state index contributed by atoms with van der Waals surface area (Å²) >= 11 is 0. The molecule has 2 N–H and O–H groups in total. The van der Waals surface area contributed by atoms with Gasteiger partial charge in [-0.1, -0.05) is 6.42 Å². The summed E-state index contributed by atoms with van der Waals surface area (Å²) in [6.07, 6.45) is 6.05. The lowest BCUT2D eigenvalue weighted by Gasteiger charge is -2.22. The van der Waals surface area contributed by atoms with E-state index in [4.69, 9.17) is 5.11 Å². The van der Waals surface area contributed by atoms with Crippen molar-refractivity contribution in [1.29, 1.82) is 0 Å². The highest BCUT2D eigenvalue weighted by Crippen LogP contribution is 2.49. The fraction of sp³-hybridized carbons (Fsp3) is 0.857. The molecule has 0 spiro atoms. The van der Waals surface area contributed by atoms with Crippen molar-refractivity contribution in [2.45, 2.75) is 44.6 Å². The van der Waals surface area contributed by atoms with E-state index in [1.54, 1.807) is 0 Å². The van der Waals surface area contributed by atoms with Gasteiger partial charge in [-0.2, -0.15) is 0 Å². The van der Waals surface area contributed by atoms with Gasteiger partial charge in [0.2, 0.25) is 5.91 Å². The Bertz CT molecular complexity index is 515. The third-order valence-electron chi connectivity index (χ3n) is 4.74. The van der Waals surface area contributed by atoms with Gasteiger partial charge >= 0.3 is 5.97 Å². The monoisotopic (exact) mass is 317 g/mol. The van der Waals surface area contributed by atoms with Crippen LogP contribution in [0.1, 0.15) is 38.5 Å². The van der Waals surface area contributed by atoms with Gasteiger partial charge in [-0.15, -0.1) is 0 Å². The molecule has 4 unspecified atom stereocenters. The van der Waals surface area contributed by atoms with Crippen molar-refractivity contribution in [1.82, 2.24) is 5.32 Å². The zero-order valence-corrected chi connectivity index (χ0v) is 13.1. The van der Waals surface area contributed by atoms with E-state index >= 15 is 0 Å². The molecule has 0 aliphatic heterocycles. The summed E-state index contributed by atoms with van der Waals surface area (Å²) in [5, 5.41) is 11.5. The molecule has 7 heteroatoms. The molecule has 4 atom stereocenters. The van der Waals surface area contributed by atoms with Gasteiger partial charge < -0.3 is 10.4 Å². The fourth-order valence-electron chi connectivity index (χ4n) is 3.71. The smallest absolute Gasteiger partial charge is 0.326 e. The van der Waals surface area contributed by atoms with Crippen molar-refractivity contribution in [2.24, 2.45) is 17.8 Å². The Labute approximate surface area is 125 Å². The standard InChI is InChI=1S/C14H23NO5S/c1-21(19,20)5-4-12(14(17)18)15-13(16)8-11-7-9-2-3-10(11)6-9/h9-12H,2-8H2,1H3,(H,15,16)(H,17,18). The molecule has 0 radical (unpaired) electrons. The Morgan fingerprint density at radius 3 is 2.48 bits per heavy atom. The second kappa shape index (κ2) is 6.34. The van der Waals surface area contributed by atoms with Crippen molar-refractivity contribution >= 4 is 21.7 Å². The Balaban J connectivity index is 1.82. The predicted octanol–water partition coefficient (Wildman–Crippen LogP) is 0.817. The van der Waals surface area contributed by atoms with Crippen molar-refractivity contribution in [3.05, 3.63) is 0 Å². The van der Waals surface area contributed by atoms with Crippen molar-refractivity contribution in [3.8, 4) is 0 Å². The first kappa shape index (κ1) is 16.3. The van der Waals surface area contributed by atoms with Crippen molar-refractivity contribution in [3.63, 3.8) is 0 Å². The Hall–Kier alpha value is -1.11. The molecule has 2 saturated carbocycles. The maximum Gasteiger partial charge on any atom is 0.326 e. The van der Waals surface area contributed by atoms with Crippen LogP contribution in [0.25, 0.3) is 0 Å². The van der Waals surface area contributed by atoms with Crippen LogP contribution in [0, 0.1) is 17.8 Å². The number of carboxylic acids is 1. The number of sulfone groups is 1. The molecule has 120 valence electrons. The SMILES string of the molecule is CS(=O)(=O)CCC(NC(=O)CC1CC2CCC1C2)C(=O)O. The van der Waals surface area contributed by atoms with E-state index in [0.29, 0.717) is 18.3 Å². The Kier molecular flexibility index (Phi) is 4.91. The van der Waals surface area contributed by atoms with Crippen LogP contribution >= 0.6 is 0 Å². The van der Waals surface area contributed by atoms with E-state index in [2.05, 4.69) is 5.32 Å². The zero-order chi connectivity index (χ0) is 15.6. The highest BCUT2D eigenvalue weighted by Gasteiger charge is 2.40. The van der Waals surface area contributed by atoms with E-state index in [0.717, 1.165) is 18.6 Å². The first-order chi connectivity index (χ1) is 9.74. The number of hydrogen-bond donors (Lipinski definition) is 2. The van der Waals surface area contributed by atoms with Crippen LogP contribution in [-0.4, -0.2) is 43.5 Å². The molecule has 0 saturated heterocycles. The summed E-state index contributed by atoms with van der Waals surface area (Å²) in [5.74, 6) is 0.0353. The molecular formula is C14H23NO5S. The summed E-state index contributed by atoms with van der Waals surface area (Å²) in [6.45, 7) is 0. The molecule has 6 nitrogen and oxygen atoms in total. The number of hydrogen-bond acceptors (Lipinski definition) is 4. The van der Waals surface area contributed by atoms with Gasteiger partial charge in [0.25, 0.3) is 0 Å². The van der Waals surface area contributed by atoms with E-state index in [9.17, 15) is 18.0 Å². The maximum atomic E-state index is 12.0.